The molecule has 1 N–H and O–H groups in total. The average molecular weight is 302 g/mol. The van der Waals surface area contributed by atoms with Crippen molar-refractivity contribution >= 4 is 21.8 Å². The smallest absolute Gasteiger partial charge is 0.220 e. The van der Waals surface area contributed by atoms with E-state index in [0.717, 1.165) is 24.6 Å². The van der Waals surface area contributed by atoms with Gasteiger partial charge < -0.3 is 5.32 Å². The number of hydrogen-bond donors (Lipinski definition) is 1. The van der Waals surface area contributed by atoms with Gasteiger partial charge in [-0.05, 0) is 31.6 Å². The van der Waals surface area contributed by atoms with Gasteiger partial charge in [0, 0.05) is 17.3 Å². The van der Waals surface area contributed by atoms with Crippen LogP contribution in [0.15, 0.2) is 0 Å². The van der Waals surface area contributed by atoms with Crippen LogP contribution in [0.5, 0.6) is 0 Å². The summed E-state index contributed by atoms with van der Waals surface area (Å²) in [6, 6.07) is 0. The van der Waals surface area contributed by atoms with Crippen molar-refractivity contribution in [2.45, 2.75) is 69.7 Å². The number of hydrogen-bond acceptors (Lipinski definition) is 1. The molecule has 2 aliphatic rings. The molecule has 0 aliphatic heterocycles. The third-order valence-corrected chi connectivity index (χ3v) is 5.49. The van der Waals surface area contributed by atoms with Crippen LogP contribution in [0, 0.1) is 5.92 Å². The third-order valence-electron chi connectivity index (χ3n) is 4.42. The second-order valence-corrected chi connectivity index (χ2v) is 6.44. The van der Waals surface area contributed by atoms with E-state index in [1.165, 1.54) is 44.9 Å². The zero-order valence-electron chi connectivity index (χ0n) is 10.6. The summed E-state index contributed by atoms with van der Waals surface area (Å²) in [6.07, 6.45) is 12.1. The molecule has 0 spiro atoms. The molecule has 2 saturated carbocycles. The van der Waals surface area contributed by atoms with Crippen molar-refractivity contribution < 1.29 is 4.79 Å². The Morgan fingerprint density at radius 2 is 1.76 bits per heavy atom. The van der Waals surface area contributed by atoms with Gasteiger partial charge in [-0.15, -0.1) is 0 Å². The van der Waals surface area contributed by atoms with E-state index in [1.807, 2.05) is 0 Å². The molecule has 0 unspecified atom stereocenters. The molecule has 0 aromatic carbocycles. The van der Waals surface area contributed by atoms with Crippen molar-refractivity contribution in [1.29, 1.82) is 0 Å². The van der Waals surface area contributed by atoms with Crippen molar-refractivity contribution in [1.82, 2.24) is 5.32 Å². The lowest BCUT2D eigenvalue weighted by atomic mass is 9.86. The molecule has 0 saturated heterocycles. The van der Waals surface area contributed by atoms with Crippen LogP contribution in [0.4, 0.5) is 0 Å². The van der Waals surface area contributed by atoms with E-state index < -0.39 is 0 Å². The number of halogens is 1. The van der Waals surface area contributed by atoms with Crippen molar-refractivity contribution in [3.05, 3.63) is 0 Å². The van der Waals surface area contributed by atoms with Gasteiger partial charge in [0.1, 0.15) is 0 Å². The molecule has 1 amide bonds. The minimum Gasteiger partial charge on any atom is -0.350 e. The molecule has 2 fully saturated rings. The highest BCUT2D eigenvalue weighted by Gasteiger charge is 2.34. The summed E-state index contributed by atoms with van der Waals surface area (Å²) in [4.78, 5) is 12.1. The van der Waals surface area contributed by atoms with Crippen LogP contribution < -0.4 is 5.32 Å². The topological polar surface area (TPSA) is 29.1 Å². The molecule has 0 aromatic rings. The molecule has 0 radical (unpaired) electrons. The van der Waals surface area contributed by atoms with E-state index in [0.29, 0.717) is 11.8 Å². The van der Waals surface area contributed by atoms with Gasteiger partial charge in [-0.2, -0.15) is 0 Å². The lowest BCUT2D eigenvalue weighted by Gasteiger charge is -2.29. The second kappa shape index (κ2) is 6.21. The first-order valence-electron chi connectivity index (χ1n) is 7.11. The fourth-order valence-corrected chi connectivity index (χ4v) is 4.04. The summed E-state index contributed by atoms with van der Waals surface area (Å²) < 4.78 is 0. The minimum absolute atomic E-state index is 0.0751. The summed E-state index contributed by atoms with van der Waals surface area (Å²) in [5.74, 6) is 0.941. The van der Waals surface area contributed by atoms with Crippen molar-refractivity contribution in [2.75, 3.05) is 5.33 Å². The monoisotopic (exact) mass is 301 g/mol. The van der Waals surface area contributed by atoms with Gasteiger partial charge in [0.25, 0.3) is 0 Å². The highest BCUT2D eigenvalue weighted by atomic mass is 79.9. The molecule has 17 heavy (non-hydrogen) atoms. The van der Waals surface area contributed by atoms with Crippen LogP contribution in [0.1, 0.15) is 64.2 Å². The van der Waals surface area contributed by atoms with Crippen LogP contribution in [0.2, 0.25) is 0 Å². The molecule has 0 atom stereocenters. The molecular weight excluding hydrogens is 278 g/mol. The number of nitrogens with one attached hydrogen (secondary N) is 1. The fraction of sp³-hybridized carbons (Fsp3) is 0.929. The Bertz CT molecular complexity index is 255. The molecule has 0 bridgehead atoms. The van der Waals surface area contributed by atoms with E-state index in [4.69, 9.17) is 0 Å². The van der Waals surface area contributed by atoms with Gasteiger partial charge in [0.05, 0.1) is 0 Å². The Kier molecular flexibility index (Phi) is 4.89. The highest BCUT2D eigenvalue weighted by Crippen LogP contribution is 2.32. The van der Waals surface area contributed by atoms with Gasteiger partial charge >= 0.3 is 0 Å². The first kappa shape index (κ1) is 13.4. The predicted molar refractivity (Wildman–Crippen MR) is 74.3 cm³/mol. The Labute approximate surface area is 113 Å². The zero-order chi connectivity index (χ0) is 12.1. The van der Waals surface area contributed by atoms with Crippen molar-refractivity contribution in [3.63, 3.8) is 0 Å². The summed E-state index contributed by atoms with van der Waals surface area (Å²) >= 11 is 3.57. The normalized spacial score (nSPS) is 24.8. The van der Waals surface area contributed by atoms with Gasteiger partial charge in [0.15, 0.2) is 0 Å². The Hall–Kier alpha value is -0.0500. The molecular formula is C14H24BrNO. The van der Waals surface area contributed by atoms with Crippen molar-refractivity contribution in [3.8, 4) is 0 Å². The number of amides is 1. The first-order valence-corrected chi connectivity index (χ1v) is 8.23. The SMILES string of the molecule is O=C(CC1CCCCC1)NC1(CBr)CCCC1. The molecule has 2 rings (SSSR count). The number of carbonyl (C=O) groups excluding carboxylic acids is 1. The molecule has 2 aliphatic carbocycles. The summed E-state index contributed by atoms with van der Waals surface area (Å²) in [5, 5.41) is 4.22. The van der Waals surface area contributed by atoms with E-state index in [9.17, 15) is 4.79 Å². The Morgan fingerprint density at radius 1 is 1.12 bits per heavy atom. The molecule has 98 valence electrons. The van der Waals surface area contributed by atoms with E-state index >= 15 is 0 Å². The van der Waals surface area contributed by atoms with E-state index in [-0.39, 0.29) is 5.54 Å². The first-order chi connectivity index (χ1) is 8.24. The van der Waals surface area contributed by atoms with E-state index in [1.54, 1.807) is 0 Å². The molecule has 0 aromatic heterocycles. The van der Waals surface area contributed by atoms with Crippen LogP contribution in [-0.4, -0.2) is 16.8 Å². The van der Waals surface area contributed by atoms with Gasteiger partial charge in [-0.1, -0.05) is 48.0 Å². The van der Waals surface area contributed by atoms with Crippen LogP contribution >= 0.6 is 15.9 Å². The third kappa shape index (κ3) is 3.70. The van der Waals surface area contributed by atoms with Crippen LogP contribution in [-0.2, 0) is 4.79 Å². The van der Waals surface area contributed by atoms with Gasteiger partial charge in [-0.25, -0.2) is 0 Å². The van der Waals surface area contributed by atoms with Gasteiger partial charge in [0.2, 0.25) is 5.91 Å². The highest BCUT2D eigenvalue weighted by molar-refractivity contribution is 9.09. The predicted octanol–water partition coefficient (Wildman–Crippen LogP) is 3.78. The number of alkyl halides is 1. The van der Waals surface area contributed by atoms with Crippen molar-refractivity contribution in [2.24, 2.45) is 5.92 Å². The lowest BCUT2D eigenvalue weighted by Crippen LogP contribution is -2.48. The average Bonchev–Trinajstić information content (AvgIpc) is 2.79. The fourth-order valence-electron chi connectivity index (χ4n) is 3.34. The summed E-state index contributed by atoms with van der Waals surface area (Å²) in [5.41, 5.74) is 0.0751. The Balaban J connectivity index is 1.79. The van der Waals surface area contributed by atoms with Gasteiger partial charge in [-0.3, -0.25) is 4.79 Å². The second-order valence-electron chi connectivity index (χ2n) is 5.88. The number of carbonyl (C=O) groups is 1. The Morgan fingerprint density at radius 3 is 2.35 bits per heavy atom. The lowest BCUT2D eigenvalue weighted by molar-refractivity contribution is -0.123. The van der Waals surface area contributed by atoms with Crippen LogP contribution in [0.3, 0.4) is 0 Å². The maximum Gasteiger partial charge on any atom is 0.220 e. The zero-order valence-corrected chi connectivity index (χ0v) is 12.2. The molecule has 3 heteroatoms. The maximum atomic E-state index is 12.1. The maximum absolute atomic E-state index is 12.1. The van der Waals surface area contributed by atoms with E-state index in [2.05, 4.69) is 21.2 Å². The van der Waals surface area contributed by atoms with Crippen LogP contribution in [0.25, 0.3) is 0 Å². The summed E-state index contributed by atoms with van der Waals surface area (Å²) in [6.45, 7) is 0. The summed E-state index contributed by atoms with van der Waals surface area (Å²) in [7, 11) is 0. The quantitative estimate of drug-likeness (QED) is 0.787. The standard InChI is InChI=1S/C14H24BrNO/c15-11-14(8-4-5-9-14)16-13(17)10-12-6-2-1-3-7-12/h12H,1-11H2,(H,16,17). The minimum atomic E-state index is 0.0751. The molecule has 2 nitrogen and oxygen atoms in total. The largest absolute Gasteiger partial charge is 0.350 e. The number of rotatable bonds is 4. The molecule has 0 heterocycles.